The van der Waals surface area contributed by atoms with Gasteiger partial charge < -0.3 is 5.11 Å². The smallest absolute Gasteiger partial charge is 0.399 e. The van der Waals surface area contributed by atoms with E-state index in [4.69, 9.17) is 23.2 Å². The zero-order valence-electron chi connectivity index (χ0n) is 16.9. The summed E-state index contributed by atoms with van der Waals surface area (Å²) >= 11 is 11.3. The van der Waals surface area contributed by atoms with Gasteiger partial charge in [0.2, 0.25) is 0 Å². The minimum atomic E-state index is -4.71. The second-order valence-corrected chi connectivity index (χ2v) is 7.99. The number of allylic oxidation sites excluding steroid dienone is 1. The summed E-state index contributed by atoms with van der Waals surface area (Å²) < 4.78 is 55.5. The highest BCUT2D eigenvalue weighted by atomic mass is 35.5. The van der Waals surface area contributed by atoms with Gasteiger partial charge in [0.1, 0.15) is 0 Å². The summed E-state index contributed by atoms with van der Waals surface area (Å²) in [5.74, 6) is -4.33. The lowest BCUT2D eigenvalue weighted by atomic mass is 9.96. The fourth-order valence-corrected chi connectivity index (χ4v) is 3.84. The van der Waals surface area contributed by atoms with E-state index < -0.39 is 45.5 Å². The van der Waals surface area contributed by atoms with Crippen molar-refractivity contribution < 1.29 is 27.5 Å². The van der Waals surface area contributed by atoms with Crippen LogP contribution in [0.15, 0.2) is 47.4 Å². The molecule has 0 radical (unpaired) electrons. The van der Waals surface area contributed by atoms with Crippen LogP contribution >= 0.6 is 23.2 Å². The van der Waals surface area contributed by atoms with Crippen LogP contribution in [-0.4, -0.2) is 27.0 Å². The average Bonchev–Trinajstić information content (AvgIpc) is 2.73. The molecule has 33 heavy (non-hydrogen) atoms. The van der Waals surface area contributed by atoms with Crippen molar-refractivity contribution in [3.05, 3.63) is 79.9 Å². The van der Waals surface area contributed by atoms with E-state index in [0.29, 0.717) is 10.9 Å². The maximum Gasteiger partial charge on any atom is 0.399 e. The number of carbonyl (C=O) groups is 1. The number of benzene rings is 2. The zero-order valence-corrected chi connectivity index (χ0v) is 18.4. The van der Waals surface area contributed by atoms with Gasteiger partial charge in [0.05, 0.1) is 27.5 Å². The maximum atomic E-state index is 13.7. The van der Waals surface area contributed by atoms with E-state index in [1.54, 1.807) is 6.92 Å². The third-order valence-electron chi connectivity index (χ3n) is 5.00. The number of hydrogen-bond donors (Lipinski definition) is 1. The molecule has 0 aliphatic carbocycles. The van der Waals surface area contributed by atoms with E-state index in [2.05, 4.69) is 5.10 Å². The molecule has 2 atom stereocenters. The molecule has 2 aromatic carbocycles. The van der Waals surface area contributed by atoms with Crippen molar-refractivity contribution in [3.8, 4) is 0 Å². The Hall–Kier alpha value is -2.91. The Labute approximate surface area is 194 Å². The van der Waals surface area contributed by atoms with E-state index in [9.17, 15) is 32.3 Å². The lowest BCUT2D eigenvalue weighted by Gasteiger charge is -2.18. The minimum Gasteiger partial charge on any atom is -0.480 e. The van der Waals surface area contributed by atoms with Gasteiger partial charge in [-0.2, -0.15) is 18.3 Å². The van der Waals surface area contributed by atoms with Crippen LogP contribution in [0, 0.1) is 5.82 Å². The molecular formula is C22H16Cl2F4N2O3. The monoisotopic (exact) mass is 502 g/mol. The molecule has 1 aromatic heterocycles. The lowest BCUT2D eigenvalue weighted by molar-refractivity contribution is -0.141. The van der Waals surface area contributed by atoms with Gasteiger partial charge in [-0.25, -0.2) is 13.9 Å². The first-order chi connectivity index (χ1) is 15.4. The number of nitrogens with zero attached hydrogens (tertiary/aromatic N) is 2. The van der Waals surface area contributed by atoms with E-state index in [0.717, 1.165) is 22.9 Å². The number of halogens is 6. The van der Waals surface area contributed by atoms with E-state index in [-0.39, 0.29) is 17.4 Å². The number of carboxylic acid groups (broad SMARTS) is 1. The molecule has 0 aliphatic heterocycles. The Morgan fingerprint density at radius 3 is 2.39 bits per heavy atom. The van der Waals surface area contributed by atoms with Crippen LogP contribution in [0.3, 0.4) is 0 Å². The molecule has 0 bridgehead atoms. The highest BCUT2D eigenvalue weighted by molar-refractivity contribution is 6.35. The van der Waals surface area contributed by atoms with Gasteiger partial charge in [-0.3, -0.25) is 4.79 Å². The number of aliphatic carboxylic acids is 1. The van der Waals surface area contributed by atoms with Crippen LogP contribution in [0.5, 0.6) is 0 Å². The molecule has 3 rings (SSSR count). The quantitative estimate of drug-likeness (QED) is 0.320. The number of hydrogen-bond acceptors (Lipinski definition) is 3. The molecule has 2 unspecified atom stereocenters. The average molecular weight is 503 g/mol. The molecule has 0 fully saturated rings. The maximum absolute atomic E-state index is 13.7. The first kappa shape index (κ1) is 24.7. The molecule has 5 nitrogen and oxygen atoms in total. The van der Waals surface area contributed by atoms with Gasteiger partial charge in [-0.15, -0.1) is 0 Å². The summed E-state index contributed by atoms with van der Waals surface area (Å²) in [6.45, 7) is 1.60. The van der Waals surface area contributed by atoms with Gasteiger partial charge in [-0.1, -0.05) is 48.3 Å². The third kappa shape index (κ3) is 5.20. The molecular weight excluding hydrogens is 487 g/mol. The Morgan fingerprint density at radius 1 is 1.21 bits per heavy atom. The summed E-state index contributed by atoms with van der Waals surface area (Å²) in [6.07, 6.45) is -1.22. The Bertz CT molecular complexity index is 1280. The van der Waals surface area contributed by atoms with Crippen LogP contribution < -0.4 is 5.56 Å². The molecule has 0 saturated heterocycles. The molecule has 11 heteroatoms. The van der Waals surface area contributed by atoms with Gasteiger partial charge in [0, 0.05) is 5.39 Å². The molecule has 0 aliphatic rings. The van der Waals surface area contributed by atoms with Crippen molar-refractivity contribution in [2.45, 2.75) is 31.5 Å². The predicted octanol–water partition coefficient (Wildman–Crippen LogP) is 6.24. The first-order valence-corrected chi connectivity index (χ1v) is 10.3. The molecule has 174 valence electrons. The van der Waals surface area contributed by atoms with Crippen molar-refractivity contribution >= 4 is 46.0 Å². The Morgan fingerprint density at radius 2 is 1.85 bits per heavy atom. The van der Waals surface area contributed by atoms with Crippen LogP contribution in [0.2, 0.25) is 10.0 Å². The van der Waals surface area contributed by atoms with Crippen molar-refractivity contribution in [2.75, 3.05) is 0 Å². The molecule has 0 amide bonds. The molecule has 0 spiro atoms. The van der Waals surface area contributed by atoms with Gasteiger partial charge in [-0.05, 0) is 41.8 Å². The van der Waals surface area contributed by atoms with E-state index in [1.807, 2.05) is 0 Å². The normalized spacial score (nSPS) is 14.0. The first-order valence-electron chi connectivity index (χ1n) is 9.57. The number of carboxylic acids is 1. The topological polar surface area (TPSA) is 72.2 Å². The third-order valence-corrected chi connectivity index (χ3v) is 5.55. The Kier molecular flexibility index (Phi) is 7.14. The number of alkyl halides is 3. The lowest BCUT2D eigenvalue weighted by Crippen LogP contribution is -2.31. The Balaban J connectivity index is 2.01. The van der Waals surface area contributed by atoms with E-state index in [1.165, 1.54) is 30.5 Å². The second-order valence-electron chi connectivity index (χ2n) is 7.18. The summed E-state index contributed by atoms with van der Waals surface area (Å²) in [4.78, 5) is 24.0. The van der Waals surface area contributed by atoms with Gasteiger partial charge in [0.25, 0.3) is 5.56 Å². The van der Waals surface area contributed by atoms with Crippen LogP contribution in [0.25, 0.3) is 16.8 Å². The second kappa shape index (κ2) is 9.52. The SMILES string of the molecule is CCC(C(=O)O)n1ncc2cc(/C=C/C(c3cc(Cl)c(F)c(Cl)c3)C(F)(F)F)ccc2c1=O. The van der Waals surface area contributed by atoms with Crippen LogP contribution in [-0.2, 0) is 4.79 Å². The fourth-order valence-electron chi connectivity index (χ4n) is 3.33. The highest BCUT2D eigenvalue weighted by Gasteiger charge is 2.39. The largest absolute Gasteiger partial charge is 0.480 e. The summed E-state index contributed by atoms with van der Waals surface area (Å²) in [7, 11) is 0. The zero-order chi connectivity index (χ0) is 24.5. The summed E-state index contributed by atoms with van der Waals surface area (Å²) in [5.41, 5.74) is -0.624. The molecule has 3 aromatic rings. The van der Waals surface area contributed by atoms with Crippen molar-refractivity contribution in [3.63, 3.8) is 0 Å². The number of aromatic nitrogens is 2. The van der Waals surface area contributed by atoms with Gasteiger partial charge >= 0.3 is 12.1 Å². The van der Waals surface area contributed by atoms with Crippen LogP contribution in [0.1, 0.15) is 36.4 Å². The van der Waals surface area contributed by atoms with Crippen molar-refractivity contribution in [2.24, 2.45) is 0 Å². The number of fused-ring (bicyclic) bond motifs is 1. The minimum absolute atomic E-state index is 0.144. The van der Waals surface area contributed by atoms with Crippen molar-refractivity contribution in [1.29, 1.82) is 0 Å². The number of rotatable bonds is 6. The van der Waals surface area contributed by atoms with Crippen molar-refractivity contribution in [1.82, 2.24) is 9.78 Å². The molecule has 1 heterocycles. The van der Waals surface area contributed by atoms with Crippen LogP contribution in [0.4, 0.5) is 17.6 Å². The molecule has 0 saturated carbocycles. The molecule has 1 N–H and O–H groups in total. The standard InChI is InChI=1S/C22H16Cl2F4N2O3/c1-2-18(21(32)33)30-20(31)14-5-3-11(7-13(14)10-29-30)4-6-15(22(26,27)28)12-8-16(23)19(25)17(24)9-12/h3-10,15,18H,2H2,1H3,(H,32,33)/b6-4+. The summed E-state index contributed by atoms with van der Waals surface area (Å²) in [5, 5.41) is 12.6. The summed E-state index contributed by atoms with van der Waals surface area (Å²) in [6, 6.07) is 4.85. The predicted molar refractivity (Wildman–Crippen MR) is 117 cm³/mol. The highest BCUT2D eigenvalue weighted by Crippen LogP contribution is 2.39. The van der Waals surface area contributed by atoms with Gasteiger partial charge in [0.15, 0.2) is 11.9 Å². The van der Waals surface area contributed by atoms with E-state index >= 15 is 0 Å². The fraction of sp³-hybridized carbons (Fsp3) is 0.227.